The van der Waals surface area contributed by atoms with Crippen LogP contribution in [0.3, 0.4) is 0 Å². The van der Waals surface area contributed by atoms with Gasteiger partial charge in [-0.2, -0.15) is 5.26 Å². The van der Waals surface area contributed by atoms with Gasteiger partial charge < -0.3 is 14.4 Å². The smallest absolute Gasteiger partial charge is 0.255 e. The molecule has 2 aliphatic rings. The van der Waals surface area contributed by atoms with Gasteiger partial charge in [0.2, 0.25) is 0 Å². The Kier molecular flexibility index (Phi) is 6.92. The summed E-state index contributed by atoms with van der Waals surface area (Å²) in [5, 5.41) is 8.95. The van der Waals surface area contributed by atoms with Crippen LogP contribution in [0.15, 0.2) is 48.8 Å². The predicted octanol–water partition coefficient (Wildman–Crippen LogP) is 2.53. The lowest BCUT2D eigenvalue weighted by atomic mass is 9.86. The Balaban J connectivity index is 1.38. The predicted molar refractivity (Wildman–Crippen MR) is 115 cm³/mol. The number of pyridine rings is 1. The summed E-state index contributed by atoms with van der Waals surface area (Å²) in [6.45, 7) is 3.62. The number of nitriles is 1. The highest BCUT2D eigenvalue weighted by Crippen LogP contribution is 2.40. The number of piperidine rings is 1. The standard InChI is InChI=1S/C24H28N4O3/c1-30-14-15-31-23-22(20-6-10-26-11-7-20)28(24(23)29)21-8-12-27(13-9-21)17-19-4-2-18(16-25)3-5-19/h2-7,10-11,21-23H,8-9,12-15,17H2,1H3/t22-,23+/m0/s1. The van der Waals surface area contributed by atoms with Crippen LogP contribution < -0.4 is 0 Å². The summed E-state index contributed by atoms with van der Waals surface area (Å²) >= 11 is 0. The summed E-state index contributed by atoms with van der Waals surface area (Å²) in [6, 6.07) is 14.0. The zero-order valence-corrected chi connectivity index (χ0v) is 17.8. The molecule has 0 N–H and O–H groups in total. The molecule has 31 heavy (non-hydrogen) atoms. The van der Waals surface area contributed by atoms with E-state index < -0.39 is 6.10 Å². The van der Waals surface area contributed by atoms with Gasteiger partial charge in [-0.3, -0.25) is 14.7 Å². The van der Waals surface area contributed by atoms with Crippen LogP contribution in [0.25, 0.3) is 0 Å². The highest BCUT2D eigenvalue weighted by molar-refractivity contribution is 5.89. The van der Waals surface area contributed by atoms with Crippen molar-refractivity contribution < 1.29 is 14.3 Å². The number of methoxy groups -OCH3 is 1. The van der Waals surface area contributed by atoms with Crippen molar-refractivity contribution in [2.24, 2.45) is 0 Å². The van der Waals surface area contributed by atoms with Crippen molar-refractivity contribution in [3.63, 3.8) is 0 Å². The summed E-state index contributed by atoms with van der Waals surface area (Å²) in [6.07, 6.45) is 4.96. The van der Waals surface area contributed by atoms with Gasteiger partial charge in [-0.05, 0) is 48.2 Å². The largest absolute Gasteiger partial charge is 0.382 e. The van der Waals surface area contributed by atoms with Crippen LogP contribution in [-0.2, 0) is 20.8 Å². The zero-order chi connectivity index (χ0) is 21.6. The molecule has 2 atom stereocenters. The lowest BCUT2D eigenvalue weighted by Crippen LogP contribution is -2.64. The van der Waals surface area contributed by atoms with E-state index in [4.69, 9.17) is 14.7 Å². The van der Waals surface area contributed by atoms with E-state index in [0.717, 1.165) is 38.0 Å². The van der Waals surface area contributed by atoms with Gasteiger partial charge in [-0.15, -0.1) is 0 Å². The van der Waals surface area contributed by atoms with Gasteiger partial charge >= 0.3 is 0 Å². The molecule has 4 rings (SSSR count). The van der Waals surface area contributed by atoms with E-state index in [9.17, 15) is 4.79 Å². The van der Waals surface area contributed by atoms with Crippen LogP contribution >= 0.6 is 0 Å². The Bertz CT molecular complexity index is 905. The van der Waals surface area contributed by atoms with E-state index >= 15 is 0 Å². The average molecular weight is 421 g/mol. The maximum atomic E-state index is 13.0. The van der Waals surface area contributed by atoms with Gasteiger partial charge in [0.1, 0.15) is 0 Å². The van der Waals surface area contributed by atoms with Crippen LogP contribution in [0, 0.1) is 11.3 Å². The number of carbonyl (C=O) groups excluding carboxylic acids is 1. The summed E-state index contributed by atoms with van der Waals surface area (Å²) < 4.78 is 10.9. The molecule has 0 spiro atoms. The molecule has 2 aromatic rings. The average Bonchev–Trinajstić information content (AvgIpc) is 2.82. The van der Waals surface area contributed by atoms with Crippen LogP contribution in [0.1, 0.15) is 35.6 Å². The van der Waals surface area contributed by atoms with Crippen LogP contribution in [0.4, 0.5) is 0 Å². The minimum atomic E-state index is -0.450. The molecule has 7 heteroatoms. The molecule has 0 bridgehead atoms. The summed E-state index contributed by atoms with van der Waals surface area (Å²) in [5.74, 6) is 0.0726. The van der Waals surface area contributed by atoms with Crippen molar-refractivity contribution in [1.82, 2.24) is 14.8 Å². The number of carbonyl (C=O) groups is 1. The lowest BCUT2D eigenvalue weighted by Gasteiger charge is -2.52. The Labute approximate surface area is 183 Å². The maximum Gasteiger partial charge on any atom is 0.255 e. The SMILES string of the molecule is COCCO[C@H]1C(=O)N(C2CCN(Cc3ccc(C#N)cc3)CC2)[C@H]1c1ccncc1. The van der Waals surface area contributed by atoms with Gasteiger partial charge in [-0.1, -0.05) is 12.1 Å². The van der Waals surface area contributed by atoms with Crippen LogP contribution in [0.2, 0.25) is 0 Å². The van der Waals surface area contributed by atoms with Gasteiger partial charge in [0.15, 0.2) is 6.10 Å². The quantitative estimate of drug-likeness (QED) is 0.482. The first-order chi connectivity index (χ1) is 15.2. The Hall–Kier alpha value is -2.79. The molecule has 3 heterocycles. The number of β-lactam (4-membered cyclic amide) rings is 1. The fourth-order valence-electron chi connectivity index (χ4n) is 4.51. The third-order valence-electron chi connectivity index (χ3n) is 6.16. The molecule has 162 valence electrons. The van der Waals surface area contributed by atoms with Gasteiger partial charge in [0.05, 0.1) is 30.9 Å². The van der Waals surface area contributed by atoms with Crippen molar-refractivity contribution in [2.45, 2.75) is 37.6 Å². The monoisotopic (exact) mass is 420 g/mol. The molecule has 0 saturated carbocycles. The molecule has 1 aromatic carbocycles. The highest BCUT2D eigenvalue weighted by Gasteiger charge is 2.52. The molecule has 2 fully saturated rings. The second-order valence-electron chi connectivity index (χ2n) is 8.07. The Morgan fingerprint density at radius 3 is 2.45 bits per heavy atom. The zero-order valence-electron chi connectivity index (χ0n) is 17.8. The fraction of sp³-hybridized carbons (Fsp3) is 0.458. The van der Waals surface area contributed by atoms with E-state index in [-0.39, 0.29) is 18.0 Å². The first-order valence-corrected chi connectivity index (χ1v) is 10.8. The fourth-order valence-corrected chi connectivity index (χ4v) is 4.51. The third-order valence-corrected chi connectivity index (χ3v) is 6.16. The summed E-state index contributed by atoms with van der Waals surface area (Å²) in [4.78, 5) is 21.5. The molecule has 0 unspecified atom stereocenters. The second-order valence-corrected chi connectivity index (χ2v) is 8.07. The second kappa shape index (κ2) is 10.0. The van der Waals surface area contributed by atoms with E-state index in [0.29, 0.717) is 18.8 Å². The van der Waals surface area contributed by atoms with Gasteiger partial charge in [0.25, 0.3) is 5.91 Å². The first kappa shape index (κ1) is 21.4. The lowest BCUT2D eigenvalue weighted by molar-refractivity contribution is -0.184. The molecule has 1 aromatic heterocycles. The molecule has 2 aliphatic heterocycles. The van der Waals surface area contributed by atoms with Gasteiger partial charge in [0, 0.05) is 45.2 Å². The molecule has 1 amide bonds. The van der Waals surface area contributed by atoms with Crippen molar-refractivity contribution in [3.05, 3.63) is 65.5 Å². The van der Waals surface area contributed by atoms with Crippen molar-refractivity contribution in [2.75, 3.05) is 33.4 Å². The van der Waals surface area contributed by atoms with E-state index in [1.54, 1.807) is 19.5 Å². The number of aromatic nitrogens is 1. The Morgan fingerprint density at radius 2 is 1.81 bits per heavy atom. The number of hydrogen-bond donors (Lipinski definition) is 0. The Morgan fingerprint density at radius 1 is 1.10 bits per heavy atom. The minimum Gasteiger partial charge on any atom is -0.382 e. The number of hydrogen-bond acceptors (Lipinski definition) is 6. The minimum absolute atomic E-state index is 0.0672. The number of nitrogens with zero attached hydrogens (tertiary/aromatic N) is 4. The summed E-state index contributed by atoms with van der Waals surface area (Å²) in [7, 11) is 1.63. The first-order valence-electron chi connectivity index (χ1n) is 10.8. The van der Waals surface area contributed by atoms with Crippen LogP contribution in [0.5, 0.6) is 0 Å². The molecule has 0 aliphatic carbocycles. The summed E-state index contributed by atoms with van der Waals surface area (Å²) in [5.41, 5.74) is 2.96. The maximum absolute atomic E-state index is 13.0. The topological polar surface area (TPSA) is 78.7 Å². The van der Waals surface area contributed by atoms with E-state index in [2.05, 4.69) is 16.0 Å². The van der Waals surface area contributed by atoms with Crippen molar-refractivity contribution >= 4 is 5.91 Å². The van der Waals surface area contributed by atoms with Crippen molar-refractivity contribution in [1.29, 1.82) is 5.26 Å². The molecule has 2 saturated heterocycles. The van der Waals surface area contributed by atoms with Gasteiger partial charge in [-0.25, -0.2) is 0 Å². The van der Waals surface area contributed by atoms with E-state index in [1.807, 2.05) is 41.3 Å². The van der Waals surface area contributed by atoms with E-state index in [1.165, 1.54) is 5.56 Å². The van der Waals surface area contributed by atoms with Crippen LogP contribution in [-0.4, -0.2) is 66.2 Å². The number of likely N-dealkylation sites (tertiary alicyclic amines) is 2. The van der Waals surface area contributed by atoms with Crippen molar-refractivity contribution in [3.8, 4) is 6.07 Å². The normalized spacial score (nSPS) is 22.2. The molecular formula is C24H28N4O3. The number of amides is 1. The number of benzene rings is 1. The third kappa shape index (κ3) is 4.77. The molecule has 0 radical (unpaired) electrons. The number of ether oxygens (including phenoxy) is 2. The molecule has 7 nitrogen and oxygen atoms in total. The number of rotatable bonds is 8. The molecular weight excluding hydrogens is 392 g/mol. The highest BCUT2D eigenvalue weighted by atomic mass is 16.5.